The van der Waals surface area contributed by atoms with Crippen molar-refractivity contribution in [2.75, 3.05) is 13.2 Å². The van der Waals surface area contributed by atoms with Crippen LogP contribution in [0.5, 0.6) is 0 Å². The Hall–Kier alpha value is -0.250. The van der Waals surface area contributed by atoms with Crippen LogP contribution >= 0.6 is 11.6 Å². The van der Waals surface area contributed by atoms with Crippen LogP contribution in [-0.4, -0.2) is 24.6 Å². The van der Waals surface area contributed by atoms with E-state index in [0.717, 1.165) is 0 Å². The molecule has 0 aromatic rings. The van der Waals surface area contributed by atoms with Crippen LogP contribution in [0.1, 0.15) is 0 Å². The average Bonchev–Trinajstić information content (AvgIpc) is 1.99. The van der Waals surface area contributed by atoms with Gasteiger partial charge in [0.05, 0.1) is 6.61 Å². The van der Waals surface area contributed by atoms with Gasteiger partial charge in [0.15, 0.2) is 6.29 Å². The van der Waals surface area contributed by atoms with Crippen LogP contribution in [0.2, 0.25) is 0 Å². The van der Waals surface area contributed by atoms with Crippen molar-refractivity contribution >= 4 is 11.6 Å². The molecule has 1 rings (SSSR count). The van der Waals surface area contributed by atoms with Gasteiger partial charge in [0.25, 0.3) is 0 Å². The summed E-state index contributed by atoms with van der Waals surface area (Å²) in [5.41, 5.74) is 0. The number of ether oxygens (including phenoxy) is 2. The normalized spacial score (nSPS) is 28.2. The second-order valence-corrected chi connectivity index (χ2v) is 2.03. The molecule has 1 heterocycles. The van der Waals surface area contributed by atoms with E-state index in [1.165, 1.54) is 6.26 Å². The van der Waals surface area contributed by atoms with Crippen LogP contribution < -0.4 is 0 Å². The largest absolute Gasteiger partial charge is 0.497 e. The van der Waals surface area contributed by atoms with Crippen molar-refractivity contribution in [2.24, 2.45) is 0 Å². The first-order chi connectivity index (χ1) is 4.30. The molecule has 0 aromatic heterocycles. The maximum atomic E-state index is 8.86. The third kappa shape index (κ3) is 1.86. The van der Waals surface area contributed by atoms with Crippen molar-refractivity contribution in [2.45, 2.75) is 6.29 Å². The van der Waals surface area contributed by atoms with E-state index < -0.39 is 6.29 Å². The van der Waals surface area contributed by atoms with Crippen LogP contribution in [0.25, 0.3) is 0 Å². The van der Waals surface area contributed by atoms with Crippen LogP contribution in [0.3, 0.4) is 0 Å². The number of rotatable bonds is 0. The average molecular weight is 151 g/mol. The van der Waals surface area contributed by atoms with Gasteiger partial charge >= 0.3 is 0 Å². The third-order valence-electron chi connectivity index (χ3n) is 0.909. The van der Waals surface area contributed by atoms with E-state index >= 15 is 0 Å². The predicted molar refractivity (Wildman–Crippen MR) is 31.8 cm³/mol. The van der Waals surface area contributed by atoms with Crippen LogP contribution in [0.4, 0.5) is 0 Å². The Balaban J connectivity index is 2.51. The summed E-state index contributed by atoms with van der Waals surface area (Å²) in [6.45, 7) is 0.807. The number of halogens is 1. The molecule has 52 valence electrons. The first-order valence-electron chi connectivity index (χ1n) is 2.57. The molecule has 0 fully saturated rings. The molecule has 0 saturated carbocycles. The summed E-state index contributed by atoms with van der Waals surface area (Å²) < 4.78 is 9.54. The Morgan fingerprint density at radius 1 is 1.67 bits per heavy atom. The second-order valence-electron chi connectivity index (χ2n) is 1.60. The molecule has 4 heteroatoms. The van der Waals surface area contributed by atoms with E-state index in [4.69, 9.17) is 26.2 Å². The molecule has 1 atom stereocenters. The third-order valence-corrected chi connectivity index (χ3v) is 1.18. The molecule has 0 bridgehead atoms. The second kappa shape index (κ2) is 3.06. The highest BCUT2D eigenvalue weighted by Crippen LogP contribution is 2.11. The molecule has 1 aliphatic heterocycles. The molecule has 0 amide bonds. The zero-order valence-electron chi connectivity index (χ0n) is 4.71. The number of aliphatic hydroxyl groups excluding tert-OH is 1. The Morgan fingerprint density at radius 2 is 2.44 bits per heavy atom. The van der Waals surface area contributed by atoms with Crippen molar-refractivity contribution in [3.8, 4) is 0 Å². The first kappa shape index (κ1) is 6.86. The lowest BCUT2D eigenvalue weighted by atomic mass is 10.6. The Kier molecular flexibility index (Phi) is 2.33. The molecule has 0 aliphatic carbocycles. The fraction of sp³-hybridized carbons (Fsp3) is 0.600. The van der Waals surface area contributed by atoms with Gasteiger partial charge < -0.3 is 14.6 Å². The number of hydrogen-bond acceptors (Lipinski definition) is 3. The topological polar surface area (TPSA) is 38.7 Å². The van der Waals surface area contributed by atoms with Gasteiger partial charge in [-0.2, -0.15) is 0 Å². The van der Waals surface area contributed by atoms with E-state index in [1.807, 2.05) is 0 Å². The maximum Gasteiger partial charge on any atom is 0.195 e. The molecule has 0 saturated heterocycles. The van der Waals surface area contributed by atoms with Gasteiger partial charge in [-0.1, -0.05) is 11.6 Å². The smallest absolute Gasteiger partial charge is 0.195 e. The van der Waals surface area contributed by atoms with Crippen molar-refractivity contribution in [3.63, 3.8) is 0 Å². The summed E-state index contributed by atoms with van der Waals surface area (Å²) in [5.74, 6) is 0. The van der Waals surface area contributed by atoms with E-state index in [0.29, 0.717) is 13.2 Å². The molecule has 1 aliphatic rings. The fourth-order valence-electron chi connectivity index (χ4n) is 0.484. The quantitative estimate of drug-likeness (QED) is 0.545. The summed E-state index contributed by atoms with van der Waals surface area (Å²) in [4.78, 5) is 0. The molecular weight excluding hydrogens is 144 g/mol. The monoisotopic (exact) mass is 150 g/mol. The minimum Gasteiger partial charge on any atom is -0.497 e. The maximum absolute atomic E-state index is 8.86. The number of hydrogen-bond donors (Lipinski definition) is 1. The van der Waals surface area contributed by atoms with Crippen molar-refractivity contribution < 1.29 is 14.6 Å². The van der Waals surface area contributed by atoms with Gasteiger partial charge in [-0.25, -0.2) is 0 Å². The van der Waals surface area contributed by atoms with Gasteiger partial charge in [0, 0.05) is 0 Å². The Labute approximate surface area is 57.8 Å². The molecule has 9 heavy (non-hydrogen) atoms. The molecule has 0 spiro atoms. The van der Waals surface area contributed by atoms with E-state index in [2.05, 4.69) is 0 Å². The highest BCUT2D eigenvalue weighted by molar-refractivity contribution is 6.29. The van der Waals surface area contributed by atoms with Crippen molar-refractivity contribution in [1.29, 1.82) is 0 Å². The standard InChI is InChI=1S/C5H7ClO3/c6-4-3-8-1-2-9-5(4)7/h3,5,7H,1-2H2. The van der Waals surface area contributed by atoms with Gasteiger partial charge in [-0.05, 0) is 0 Å². The molecule has 1 unspecified atom stereocenters. The summed E-state index contributed by atoms with van der Waals surface area (Å²) in [6.07, 6.45) is 0.285. The van der Waals surface area contributed by atoms with Crippen LogP contribution in [0, 0.1) is 0 Å². The lowest BCUT2D eigenvalue weighted by Gasteiger charge is -2.04. The zero-order valence-corrected chi connectivity index (χ0v) is 5.47. The summed E-state index contributed by atoms with van der Waals surface area (Å²) in [7, 11) is 0. The highest BCUT2D eigenvalue weighted by atomic mass is 35.5. The minimum absolute atomic E-state index is 0.188. The number of aliphatic hydroxyl groups is 1. The Morgan fingerprint density at radius 3 is 3.22 bits per heavy atom. The van der Waals surface area contributed by atoms with Crippen LogP contribution in [-0.2, 0) is 9.47 Å². The van der Waals surface area contributed by atoms with E-state index in [9.17, 15) is 0 Å². The minimum atomic E-state index is -1.01. The lowest BCUT2D eigenvalue weighted by molar-refractivity contribution is -0.0683. The Bertz CT molecular complexity index is 123. The van der Waals surface area contributed by atoms with Crippen LogP contribution in [0.15, 0.2) is 11.3 Å². The summed E-state index contributed by atoms with van der Waals surface area (Å²) in [5, 5.41) is 9.04. The molecule has 0 radical (unpaired) electrons. The van der Waals surface area contributed by atoms with E-state index in [-0.39, 0.29) is 5.03 Å². The molecule has 1 N–H and O–H groups in total. The summed E-state index contributed by atoms with van der Waals surface area (Å²) >= 11 is 5.43. The van der Waals surface area contributed by atoms with Crippen molar-refractivity contribution in [3.05, 3.63) is 11.3 Å². The van der Waals surface area contributed by atoms with Gasteiger partial charge in [0.2, 0.25) is 0 Å². The van der Waals surface area contributed by atoms with E-state index in [1.54, 1.807) is 0 Å². The van der Waals surface area contributed by atoms with Crippen molar-refractivity contribution in [1.82, 2.24) is 0 Å². The van der Waals surface area contributed by atoms with Gasteiger partial charge in [-0.3, -0.25) is 0 Å². The predicted octanol–water partition coefficient (Wildman–Crippen LogP) is 0.432. The van der Waals surface area contributed by atoms with Gasteiger partial charge in [-0.15, -0.1) is 0 Å². The SMILES string of the molecule is OC1OCCOC=C1Cl. The molecular formula is C5H7ClO3. The fourth-order valence-corrected chi connectivity index (χ4v) is 0.610. The molecule has 0 aromatic carbocycles. The lowest BCUT2D eigenvalue weighted by Crippen LogP contribution is -2.11. The zero-order chi connectivity index (χ0) is 6.69. The highest BCUT2D eigenvalue weighted by Gasteiger charge is 2.11. The molecule has 3 nitrogen and oxygen atoms in total. The summed E-state index contributed by atoms with van der Waals surface area (Å²) in [6, 6.07) is 0. The first-order valence-corrected chi connectivity index (χ1v) is 2.95. The van der Waals surface area contributed by atoms with Gasteiger partial charge in [0.1, 0.15) is 17.9 Å².